The van der Waals surface area contributed by atoms with Crippen molar-refractivity contribution in [2.24, 2.45) is 11.8 Å². The van der Waals surface area contributed by atoms with Crippen LogP contribution in [0.15, 0.2) is 83.3 Å². The third kappa shape index (κ3) is 6.53. The second-order valence-electron chi connectivity index (χ2n) is 11.5. The number of carbonyl (C=O) groups excluding carboxylic acids is 3. The lowest BCUT2D eigenvalue weighted by molar-refractivity contribution is -0.192. The summed E-state index contributed by atoms with van der Waals surface area (Å²) in [6.07, 6.45) is -3.79. The molecule has 6 rings (SSSR count). The topological polar surface area (TPSA) is 107 Å². The highest BCUT2D eigenvalue weighted by atomic mass is 79.9. The summed E-state index contributed by atoms with van der Waals surface area (Å²) in [5, 5.41) is 10.7. The number of carboxylic acids is 1. The van der Waals surface area contributed by atoms with Gasteiger partial charge in [-0.1, -0.05) is 88.2 Å². The van der Waals surface area contributed by atoms with E-state index < -0.39 is 35.6 Å². The molecule has 12 heteroatoms. The molecule has 3 heterocycles. The number of fused-ring (bicyclic) bond motifs is 2. The van der Waals surface area contributed by atoms with Gasteiger partial charge in [-0.25, -0.2) is 4.79 Å². The van der Waals surface area contributed by atoms with E-state index in [1.165, 1.54) is 4.90 Å². The van der Waals surface area contributed by atoms with Crippen LogP contribution in [0.25, 0.3) is 0 Å². The fourth-order valence-electron chi connectivity index (χ4n) is 6.47. The molecular weight excluding hydrogens is 655 g/mol. The molecule has 0 saturated carbocycles. The van der Waals surface area contributed by atoms with E-state index in [1.54, 1.807) is 0 Å². The Bertz CT molecular complexity index is 1580. The molecule has 0 radical (unpaired) electrons. The van der Waals surface area contributed by atoms with Crippen molar-refractivity contribution in [1.29, 1.82) is 0 Å². The summed E-state index contributed by atoms with van der Waals surface area (Å²) in [5.41, 5.74) is 2.87. The second kappa shape index (κ2) is 12.8. The van der Waals surface area contributed by atoms with E-state index in [0.29, 0.717) is 19.5 Å². The highest BCUT2D eigenvalue weighted by Crippen LogP contribution is 2.52. The number of carboxylic acid groups (broad SMARTS) is 1. The minimum absolute atomic E-state index is 0.0843. The van der Waals surface area contributed by atoms with Crippen molar-refractivity contribution in [2.45, 2.75) is 50.6 Å². The van der Waals surface area contributed by atoms with Crippen LogP contribution in [0.1, 0.15) is 41.1 Å². The van der Waals surface area contributed by atoms with Gasteiger partial charge < -0.3 is 10.0 Å². The summed E-state index contributed by atoms with van der Waals surface area (Å²) < 4.78 is 32.7. The van der Waals surface area contributed by atoms with Gasteiger partial charge in [0, 0.05) is 23.6 Å². The molecule has 4 atom stereocenters. The van der Waals surface area contributed by atoms with E-state index in [4.69, 9.17) is 9.90 Å². The molecule has 0 aliphatic carbocycles. The van der Waals surface area contributed by atoms with Crippen LogP contribution in [0.3, 0.4) is 0 Å². The van der Waals surface area contributed by atoms with Crippen LogP contribution in [0, 0.1) is 18.8 Å². The van der Waals surface area contributed by atoms with Crippen molar-refractivity contribution in [3.05, 3.63) is 106 Å². The zero-order chi connectivity index (χ0) is 32.5. The van der Waals surface area contributed by atoms with Gasteiger partial charge in [0.1, 0.15) is 5.54 Å². The standard InChI is InChI=1S/C31H30BrN3O3.C2HF3O2/c1-20-8-12-23(13-9-20)27-25-26(29(37)35(28(25)36)19-21-6-3-2-4-7-21)31(33-27)16-5-17-34(30(31)38)18-22-10-14-24(32)15-11-22;3-2(4,5)1(6)7/h2-4,6-15,25-27,33H,5,16-19H2,1H3;(H,6,7)/t25-,26-,27-,31-;/m1./s1. The Hall–Kier alpha value is -4.03. The minimum atomic E-state index is -5.08. The van der Waals surface area contributed by atoms with Gasteiger partial charge in [0.15, 0.2) is 0 Å². The van der Waals surface area contributed by atoms with Gasteiger partial charge in [0.05, 0.1) is 18.4 Å². The number of rotatable bonds is 5. The van der Waals surface area contributed by atoms with E-state index in [-0.39, 0.29) is 24.3 Å². The van der Waals surface area contributed by atoms with Crippen molar-refractivity contribution >= 4 is 39.6 Å². The lowest BCUT2D eigenvalue weighted by Gasteiger charge is -2.42. The third-order valence-electron chi connectivity index (χ3n) is 8.56. The Balaban J connectivity index is 0.000000515. The molecule has 2 N–H and O–H groups in total. The second-order valence-corrected chi connectivity index (χ2v) is 12.4. The number of piperidine rings is 1. The number of nitrogens with zero attached hydrogens (tertiary/aromatic N) is 2. The van der Waals surface area contributed by atoms with Gasteiger partial charge in [-0.2, -0.15) is 13.2 Å². The fourth-order valence-corrected chi connectivity index (χ4v) is 6.74. The molecule has 45 heavy (non-hydrogen) atoms. The molecule has 0 unspecified atom stereocenters. The number of hydrogen-bond acceptors (Lipinski definition) is 5. The Morgan fingerprint density at radius 1 is 0.933 bits per heavy atom. The molecule has 0 bridgehead atoms. The summed E-state index contributed by atoms with van der Waals surface area (Å²) in [4.78, 5) is 54.4. The first kappa shape index (κ1) is 32.4. The molecule has 3 amide bonds. The predicted molar refractivity (Wildman–Crippen MR) is 161 cm³/mol. The lowest BCUT2D eigenvalue weighted by Crippen LogP contribution is -2.63. The molecule has 1 spiro atoms. The molecule has 3 aromatic carbocycles. The third-order valence-corrected chi connectivity index (χ3v) is 9.09. The smallest absolute Gasteiger partial charge is 0.475 e. The number of alkyl halides is 3. The van der Waals surface area contributed by atoms with Gasteiger partial charge >= 0.3 is 12.1 Å². The maximum Gasteiger partial charge on any atom is 0.490 e. The number of amides is 3. The maximum absolute atomic E-state index is 14.3. The number of aliphatic carboxylic acids is 1. The van der Waals surface area contributed by atoms with Gasteiger partial charge in [0.25, 0.3) is 0 Å². The largest absolute Gasteiger partial charge is 0.490 e. The number of benzene rings is 3. The maximum atomic E-state index is 14.3. The van der Waals surface area contributed by atoms with E-state index in [1.807, 2.05) is 90.7 Å². The molecule has 0 aromatic heterocycles. The summed E-state index contributed by atoms with van der Waals surface area (Å²) in [7, 11) is 0. The van der Waals surface area contributed by atoms with Gasteiger partial charge in [0.2, 0.25) is 17.7 Å². The molecule has 8 nitrogen and oxygen atoms in total. The average Bonchev–Trinajstić information content (AvgIpc) is 3.47. The van der Waals surface area contributed by atoms with Crippen molar-refractivity contribution in [1.82, 2.24) is 15.1 Å². The van der Waals surface area contributed by atoms with Crippen LogP contribution >= 0.6 is 15.9 Å². The van der Waals surface area contributed by atoms with Gasteiger partial charge in [-0.05, 0) is 48.6 Å². The van der Waals surface area contributed by atoms with E-state index >= 15 is 0 Å². The van der Waals surface area contributed by atoms with Crippen molar-refractivity contribution < 1.29 is 37.5 Å². The quantitative estimate of drug-likeness (QED) is 0.349. The Kier molecular flexibility index (Phi) is 9.18. The predicted octanol–water partition coefficient (Wildman–Crippen LogP) is 5.40. The van der Waals surface area contributed by atoms with Crippen LogP contribution in [0.5, 0.6) is 0 Å². The van der Waals surface area contributed by atoms with Crippen molar-refractivity contribution in [3.63, 3.8) is 0 Å². The molecule has 3 aliphatic heterocycles. The number of carbonyl (C=O) groups is 4. The summed E-state index contributed by atoms with van der Waals surface area (Å²) in [5.74, 6) is -4.64. The molecule has 236 valence electrons. The monoisotopic (exact) mass is 685 g/mol. The molecule has 3 aliphatic rings. The number of halogens is 4. The Labute approximate surface area is 266 Å². The summed E-state index contributed by atoms with van der Waals surface area (Å²) in [6.45, 7) is 3.34. The fraction of sp³-hybridized carbons (Fsp3) is 0.333. The highest BCUT2D eigenvalue weighted by Gasteiger charge is 2.69. The molecule has 3 fully saturated rings. The summed E-state index contributed by atoms with van der Waals surface area (Å²) in [6, 6.07) is 25.2. The lowest BCUT2D eigenvalue weighted by atomic mass is 9.74. The SMILES string of the molecule is Cc1ccc([C@H]2N[C@]3(CCCN(Cc4ccc(Br)cc4)C3=O)[C@H]3C(=O)N(Cc4ccccc4)C(=O)[C@@H]23)cc1.O=C(O)C(F)(F)F. The molecule has 3 saturated heterocycles. The summed E-state index contributed by atoms with van der Waals surface area (Å²) >= 11 is 3.47. The van der Waals surface area contributed by atoms with Crippen LogP contribution in [0.2, 0.25) is 0 Å². The Morgan fingerprint density at radius 3 is 2.13 bits per heavy atom. The first-order chi connectivity index (χ1) is 21.3. The van der Waals surface area contributed by atoms with Gasteiger partial charge in [-0.3, -0.25) is 24.6 Å². The first-order valence-corrected chi connectivity index (χ1v) is 15.2. The van der Waals surface area contributed by atoms with E-state index in [2.05, 4.69) is 21.2 Å². The molecular formula is C33H31BrF3N3O5. The molecule has 3 aromatic rings. The van der Waals surface area contributed by atoms with Crippen molar-refractivity contribution in [2.75, 3.05) is 6.54 Å². The normalized spacial score (nSPS) is 24.5. The number of hydrogen-bond donors (Lipinski definition) is 2. The zero-order valence-corrected chi connectivity index (χ0v) is 25.8. The first-order valence-electron chi connectivity index (χ1n) is 14.4. The number of likely N-dealkylation sites (tertiary alicyclic amines) is 2. The zero-order valence-electron chi connectivity index (χ0n) is 24.3. The van der Waals surface area contributed by atoms with E-state index in [0.717, 1.165) is 33.1 Å². The highest BCUT2D eigenvalue weighted by molar-refractivity contribution is 9.10. The van der Waals surface area contributed by atoms with Gasteiger partial charge in [-0.15, -0.1) is 0 Å². The van der Waals surface area contributed by atoms with Crippen LogP contribution < -0.4 is 5.32 Å². The minimum Gasteiger partial charge on any atom is -0.475 e. The van der Waals surface area contributed by atoms with E-state index in [9.17, 15) is 27.6 Å². The number of nitrogens with one attached hydrogen (secondary N) is 1. The van der Waals surface area contributed by atoms with Crippen LogP contribution in [-0.4, -0.2) is 56.9 Å². The van der Waals surface area contributed by atoms with Crippen LogP contribution in [-0.2, 0) is 32.3 Å². The average molecular weight is 687 g/mol. The van der Waals surface area contributed by atoms with Crippen LogP contribution in [0.4, 0.5) is 13.2 Å². The Morgan fingerprint density at radius 2 is 1.53 bits per heavy atom. The van der Waals surface area contributed by atoms with Crippen molar-refractivity contribution in [3.8, 4) is 0 Å². The number of aryl methyl sites for hydroxylation is 1. The number of imide groups is 1.